The summed E-state index contributed by atoms with van der Waals surface area (Å²) in [5.41, 5.74) is 3.10. The van der Waals surface area contributed by atoms with Gasteiger partial charge in [-0.3, -0.25) is 4.84 Å². The molecule has 2 amide bonds. The predicted molar refractivity (Wildman–Crippen MR) is 74.5 cm³/mol. The van der Waals surface area contributed by atoms with Gasteiger partial charge in [0.05, 0.1) is 0 Å². The van der Waals surface area contributed by atoms with E-state index in [4.69, 9.17) is 5.11 Å². The SMILES string of the molecule is CN(CCCNC(=O)NOCC(=O)O)c1ccccc1. The zero-order valence-electron chi connectivity index (χ0n) is 11.3. The van der Waals surface area contributed by atoms with Crippen LogP contribution in [0.15, 0.2) is 30.3 Å². The average molecular weight is 281 g/mol. The lowest BCUT2D eigenvalue weighted by atomic mass is 10.3. The molecule has 0 heterocycles. The van der Waals surface area contributed by atoms with E-state index in [-0.39, 0.29) is 0 Å². The molecule has 0 spiro atoms. The number of carboxylic acids is 1. The van der Waals surface area contributed by atoms with Gasteiger partial charge in [-0.05, 0) is 18.6 Å². The van der Waals surface area contributed by atoms with Gasteiger partial charge in [-0.2, -0.15) is 0 Å². The lowest BCUT2D eigenvalue weighted by molar-refractivity contribution is -0.144. The van der Waals surface area contributed by atoms with Crippen LogP contribution >= 0.6 is 0 Å². The molecule has 1 rings (SSSR count). The monoisotopic (exact) mass is 281 g/mol. The Morgan fingerprint density at radius 2 is 2.00 bits per heavy atom. The van der Waals surface area contributed by atoms with Crippen LogP contribution in [0.1, 0.15) is 6.42 Å². The molecule has 0 aliphatic rings. The molecule has 0 radical (unpaired) electrons. The highest BCUT2D eigenvalue weighted by Crippen LogP contribution is 2.10. The molecule has 0 saturated carbocycles. The second kappa shape index (κ2) is 8.76. The van der Waals surface area contributed by atoms with E-state index in [0.717, 1.165) is 18.7 Å². The van der Waals surface area contributed by atoms with E-state index < -0.39 is 18.6 Å². The fraction of sp³-hybridized carbons (Fsp3) is 0.385. The van der Waals surface area contributed by atoms with E-state index in [0.29, 0.717) is 6.54 Å². The fourth-order valence-electron chi connectivity index (χ4n) is 1.53. The van der Waals surface area contributed by atoms with Gasteiger partial charge >= 0.3 is 12.0 Å². The Balaban J connectivity index is 2.09. The molecule has 0 atom stereocenters. The van der Waals surface area contributed by atoms with Crippen LogP contribution in [0.2, 0.25) is 0 Å². The van der Waals surface area contributed by atoms with Crippen molar-refractivity contribution in [2.24, 2.45) is 0 Å². The Bertz CT molecular complexity index is 425. The van der Waals surface area contributed by atoms with Gasteiger partial charge in [0, 0.05) is 25.8 Å². The second-order valence-electron chi connectivity index (χ2n) is 4.15. The maximum atomic E-state index is 11.2. The summed E-state index contributed by atoms with van der Waals surface area (Å²) in [5.74, 6) is -1.14. The number of aliphatic carboxylic acids is 1. The number of rotatable bonds is 8. The van der Waals surface area contributed by atoms with E-state index in [9.17, 15) is 9.59 Å². The third-order valence-electron chi connectivity index (χ3n) is 2.51. The van der Waals surface area contributed by atoms with Crippen molar-refractivity contribution >= 4 is 17.7 Å². The summed E-state index contributed by atoms with van der Waals surface area (Å²) in [5, 5.41) is 10.9. The van der Waals surface area contributed by atoms with Crippen molar-refractivity contribution in [2.75, 3.05) is 31.6 Å². The van der Waals surface area contributed by atoms with E-state index in [2.05, 4.69) is 15.1 Å². The molecular formula is C13H19N3O4. The molecule has 1 aromatic rings. The molecule has 0 fully saturated rings. The number of carboxylic acid groups (broad SMARTS) is 1. The lowest BCUT2D eigenvalue weighted by Gasteiger charge is -2.19. The maximum absolute atomic E-state index is 11.2. The number of nitrogens with zero attached hydrogens (tertiary/aromatic N) is 1. The molecule has 0 unspecified atom stereocenters. The van der Waals surface area contributed by atoms with Crippen molar-refractivity contribution in [2.45, 2.75) is 6.42 Å². The minimum atomic E-state index is -1.14. The molecule has 1 aromatic carbocycles. The number of hydroxylamine groups is 1. The van der Waals surface area contributed by atoms with Crippen molar-refractivity contribution in [1.82, 2.24) is 10.8 Å². The summed E-state index contributed by atoms with van der Waals surface area (Å²) < 4.78 is 0. The molecule has 0 aliphatic heterocycles. The first kappa shape index (κ1) is 15.8. The molecule has 0 aliphatic carbocycles. The third-order valence-corrected chi connectivity index (χ3v) is 2.51. The Morgan fingerprint density at radius 1 is 1.30 bits per heavy atom. The topological polar surface area (TPSA) is 90.9 Å². The van der Waals surface area contributed by atoms with Crippen LogP contribution in [0.3, 0.4) is 0 Å². The van der Waals surface area contributed by atoms with E-state index in [1.54, 1.807) is 0 Å². The molecule has 110 valence electrons. The Labute approximate surface area is 117 Å². The highest BCUT2D eigenvalue weighted by Gasteiger charge is 2.03. The number of para-hydroxylation sites is 1. The first-order chi connectivity index (χ1) is 9.59. The summed E-state index contributed by atoms with van der Waals surface area (Å²) in [6, 6.07) is 9.38. The van der Waals surface area contributed by atoms with Crippen molar-refractivity contribution in [1.29, 1.82) is 0 Å². The van der Waals surface area contributed by atoms with Crippen molar-refractivity contribution < 1.29 is 19.5 Å². The van der Waals surface area contributed by atoms with Crippen LogP contribution in [-0.4, -0.2) is 43.9 Å². The molecule has 7 heteroatoms. The Hall–Kier alpha value is -2.28. The minimum absolute atomic E-state index is 0.472. The van der Waals surface area contributed by atoms with E-state index >= 15 is 0 Å². The van der Waals surface area contributed by atoms with E-state index in [1.165, 1.54) is 0 Å². The van der Waals surface area contributed by atoms with Gasteiger partial charge in [-0.15, -0.1) is 0 Å². The average Bonchev–Trinajstić information content (AvgIpc) is 2.44. The van der Waals surface area contributed by atoms with Gasteiger partial charge in [-0.25, -0.2) is 15.1 Å². The van der Waals surface area contributed by atoms with E-state index in [1.807, 2.05) is 42.9 Å². The molecule has 3 N–H and O–H groups in total. The second-order valence-corrected chi connectivity index (χ2v) is 4.15. The van der Waals surface area contributed by atoms with Gasteiger partial charge in [0.2, 0.25) is 0 Å². The number of benzene rings is 1. The van der Waals surface area contributed by atoms with Gasteiger partial charge < -0.3 is 15.3 Å². The minimum Gasteiger partial charge on any atom is -0.479 e. The number of hydrogen-bond donors (Lipinski definition) is 3. The third kappa shape index (κ3) is 6.60. The van der Waals surface area contributed by atoms with Gasteiger partial charge in [-0.1, -0.05) is 18.2 Å². The van der Waals surface area contributed by atoms with Crippen LogP contribution in [0.5, 0.6) is 0 Å². The Morgan fingerprint density at radius 3 is 2.65 bits per heavy atom. The summed E-state index contributed by atoms with van der Waals surface area (Å²) in [7, 11) is 1.98. The first-order valence-corrected chi connectivity index (χ1v) is 6.23. The lowest BCUT2D eigenvalue weighted by Crippen LogP contribution is -2.37. The van der Waals surface area contributed by atoms with Crippen LogP contribution in [0, 0.1) is 0 Å². The van der Waals surface area contributed by atoms with Crippen molar-refractivity contribution in [3.05, 3.63) is 30.3 Å². The number of carbonyl (C=O) groups is 2. The summed E-state index contributed by atoms with van der Waals surface area (Å²) in [6.07, 6.45) is 0.762. The smallest absolute Gasteiger partial charge is 0.338 e. The summed E-state index contributed by atoms with van der Waals surface area (Å²) in [6.45, 7) is 0.698. The standard InChI is InChI=1S/C13H19N3O4/c1-16(11-6-3-2-4-7-11)9-5-8-14-13(19)15-20-10-12(17)18/h2-4,6-7H,5,8-10H2,1H3,(H,17,18)(H2,14,15,19). The Kier molecular flexibility index (Phi) is 6.91. The highest BCUT2D eigenvalue weighted by atomic mass is 16.7. The van der Waals surface area contributed by atoms with Crippen molar-refractivity contribution in [3.8, 4) is 0 Å². The quantitative estimate of drug-likeness (QED) is 0.485. The van der Waals surface area contributed by atoms with Gasteiger partial charge in [0.15, 0.2) is 6.61 Å². The zero-order valence-corrected chi connectivity index (χ0v) is 11.3. The molecular weight excluding hydrogens is 262 g/mol. The van der Waals surface area contributed by atoms with Crippen LogP contribution in [0.4, 0.5) is 10.5 Å². The molecule has 0 bridgehead atoms. The first-order valence-electron chi connectivity index (χ1n) is 6.23. The zero-order chi connectivity index (χ0) is 14.8. The molecule has 0 saturated heterocycles. The van der Waals surface area contributed by atoms with Crippen molar-refractivity contribution in [3.63, 3.8) is 0 Å². The summed E-state index contributed by atoms with van der Waals surface area (Å²) in [4.78, 5) is 27.9. The number of nitrogens with one attached hydrogen (secondary N) is 2. The highest BCUT2D eigenvalue weighted by molar-refractivity contribution is 5.73. The number of hydrogen-bond acceptors (Lipinski definition) is 4. The predicted octanol–water partition coefficient (Wildman–Crippen LogP) is 0.828. The van der Waals surface area contributed by atoms with Gasteiger partial charge in [0.1, 0.15) is 0 Å². The summed E-state index contributed by atoms with van der Waals surface area (Å²) >= 11 is 0. The normalized spacial score (nSPS) is 9.85. The molecule has 20 heavy (non-hydrogen) atoms. The fourth-order valence-corrected chi connectivity index (χ4v) is 1.53. The molecule has 0 aromatic heterocycles. The van der Waals surface area contributed by atoms with Crippen LogP contribution in [0.25, 0.3) is 0 Å². The number of carbonyl (C=O) groups excluding carboxylic acids is 1. The number of urea groups is 1. The number of amides is 2. The van der Waals surface area contributed by atoms with Crippen LogP contribution in [-0.2, 0) is 9.63 Å². The van der Waals surface area contributed by atoms with Gasteiger partial charge in [0.25, 0.3) is 0 Å². The largest absolute Gasteiger partial charge is 0.479 e. The van der Waals surface area contributed by atoms with Crippen LogP contribution < -0.4 is 15.7 Å². The molecule has 7 nitrogen and oxygen atoms in total. The number of anilines is 1. The maximum Gasteiger partial charge on any atom is 0.338 e.